The average Bonchev–Trinajstić information content (AvgIpc) is 2.47. The Balaban J connectivity index is -0.000000411. The van der Waals surface area contributed by atoms with Gasteiger partial charge in [-0.2, -0.15) is 0 Å². The number of esters is 2. The monoisotopic (exact) mass is 435 g/mol. The minimum absolute atomic E-state index is 0. The fourth-order valence-corrected chi connectivity index (χ4v) is 1.23. The molecule has 6 nitrogen and oxygen atoms in total. The molecule has 0 unspecified atom stereocenters. The summed E-state index contributed by atoms with van der Waals surface area (Å²) in [6.07, 6.45) is 0. The first-order chi connectivity index (χ1) is 11.5. The number of carbonyl (C=O) groups is 4. The summed E-state index contributed by atoms with van der Waals surface area (Å²) in [5.41, 5.74) is -1.29. The van der Waals surface area contributed by atoms with Crippen molar-refractivity contribution >= 4 is 23.5 Å². The smallest absolute Gasteiger partial charge is 0.375 e. The van der Waals surface area contributed by atoms with Gasteiger partial charge in [-0.1, -0.05) is 69.2 Å². The first-order valence-corrected chi connectivity index (χ1v) is 8.93. The summed E-state index contributed by atoms with van der Waals surface area (Å²) in [5.74, 6) is -1.85. The van der Waals surface area contributed by atoms with Crippen LogP contribution in [0.3, 0.4) is 0 Å². The van der Waals surface area contributed by atoms with Crippen LogP contribution in [0, 0.1) is 22.7 Å². The van der Waals surface area contributed by atoms with Gasteiger partial charge in [-0.05, 0) is 11.8 Å². The number of hydrogen-bond donors (Lipinski definition) is 0. The Kier molecular flexibility index (Phi) is 14.8. The van der Waals surface area contributed by atoms with Crippen molar-refractivity contribution in [1.82, 2.24) is 0 Å². The number of ketones is 2. The minimum atomic E-state index is -0.721. The van der Waals surface area contributed by atoms with E-state index >= 15 is 0 Å². The van der Waals surface area contributed by atoms with Crippen LogP contribution in [0.2, 0.25) is 0 Å². The largest absolute Gasteiger partial charge is 0.460 e. The van der Waals surface area contributed by atoms with Crippen molar-refractivity contribution < 1.29 is 45.7 Å². The molecule has 0 aliphatic carbocycles. The van der Waals surface area contributed by atoms with Crippen LogP contribution in [-0.4, -0.2) is 36.7 Å². The molecule has 0 atom stereocenters. The number of carbonyl (C=O) groups excluding carboxylic acids is 4. The first kappa shape index (κ1) is 30.5. The van der Waals surface area contributed by atoms with E-state index in [0.29, 0.717) is 13.2 Å². The zero-order chi connectivity index (χ0) is 21.3. The predicted octanol–water partition coefficient (Wildman–Crippen LogP) is 3.60. The Morgan fingerprint density at radius 1 is 0.630 bits per heavy atom. The van der Waals surface area contributed by atoms with Gasteiger partial charge in [-0.15, -0.1) is 0 Å². The molecule has 27 heavy (non-hydrogen) atoms. The molecule has 0 heterocycles. The molecular weight excluding hydrogens is 400 g/mol. The van der Waals surface area contributed by atoms with E-state index in [0.717, 1.165) is 0 Å². The minimum Gasteiger partial charge on any atom is -0.460 e. The van der Waals surface area contributed by atoms with Gasteiger partial charge in [0.1, 0.15) is 0 Å². The van der Waals surface area contributed by atoms with Crippen molar-refractivity contribution in [2.45, 2.75) is 69.2 Å². The maximum Gasteiger partial charge on any atom is 0.375 e. The van der Waals surface area contributed by atoms with Crippen LogP contribution in [0.1, 0.15) is 69.2 Å². The molecule has 0 saturated heterocycles. The Bertz CT molecular complexity index is 450. The molecule has 0 aromatic rings. The van der Waals surface area contributed by atoms with Gasteiger partial charge in [0, 0.05) is 27.9 Å². The van der Waals surface area contributed by atoms with Crippen molar-refractivity contribution in [2.24, 2.45) is 22.7 Å². The third-order valence-corrected chi connectivity index (χ3v) is 2.83. The summed E-state index contributed by atoms with van der Waals surface area (Å²) in [7, 11) is 0. The second-order valence-electron chi connectivity index (χ2n) is 9.14. The number of Topliss-reactive ketones (excluding diaryl/α,β-unsaturated/α-hetero) is 2. The molecule has 0 bridgehead atoms. The second-order valence-corrected chi connectivity index (χ2v) is 9.14. The Morgan fingerprint density at radius 3 is 1.00 bits per heavy atom. The van der Waals surface area contributed by atoms with Crippen LogP contribution >= 0.6 is 0 Å². The molecule has 0 spiro atoms. The van der Waals surface area contributed by atoms with E-state index in [9.17, 15) is 19.2 Å². The molecule has 0 fully saturated rings. The number of rotatable bonds is 6. The Hall–Kier alpha value is -1.20. The molecule has 0 aliphatic heterocycles. The fourth-order valence-electron chi connectivity index (χ4n) is 1.23. The summed E-state index contributed by atoms with van der Waals surface area (Å²) >= 11 is 0. The van der Waals surface area contributed by atoms with E-state index in [1.54, 1.807) is 41.5 Å². The van der Waals surface area contributed by atoms with Gasteiger partial charge in [-0.3, -0.25) is 9.59 Å². The van der Waals surface area contributed by atoms with Crippen LogP contribution in [0.25, 0.3) is 0 Å². The molecule has 0 aromatic carbocycles. The summed E-state index contributed by atoms with van der Waals surface area (Å²) < 4.78 is 9.61. The van der Waals surface area contributed by atoms with E-state index in [2.05, 4.69) is 0 Å². The third-order valence-electron chi connectivity index (χ3n) is 2.83. The second kappa shape index (κ2) is 13.1. The molecule has 0 rings (SSSR count). The molecular formula is C20H36CuO6. The zero-order valence-corrected chi connectivity index (χ0v) is 19.3. The van der Waals surface area contributed by atoms with Crippen molar-refractivity contribution in [1.29, 1.82) is 0 Å². The molecule has 0 aromatic heterocycles. The van der Waals surface area contributed by atoms with Crippen molar-refractivity contribution in [3.63, 3.8) is 0 Å². The molecule has 0 N–H and O–H groups in total. The van der Waals surface area contributed by atoms with Gasteiger partial charge in [0.2, 0.25) is 11.6 Å². The quantitative estimate of drug-likeness (QED) is 0.360. The fraction of sp³-hybridized carbons (Fsp3) is 0.800. The van der Waals surface area contributed by atoms with Gasteiger partial charge < -0.3 is 9.47 Å². The topological polar surface area (TPSA) is 86.7 Å². The van der Waals surface area contributed by atoms with E-state index in [4.69, 9.17) is 9.47 Å². The van der Waals surface area contributed by atoms with E-state index in [1.165, 1.54) is 0 Å². The van der Waals surface area contributed by atoms with E-state index in [-0.39, 0.29) is 28.9 Å². The van der Waals surface area contributed by atoms with Gasteiger partial charge in [0.15, 0.2) is 0 Å². The summed E-state index contributed by atoms with van der Waals surface area (Å²) in [4.78, 5) is 44.8. The number of hydrogen-bond acceptors (Lipinski definition) is 6. The van der Waals surface area contributed by atoms with Gasteiger partial charge in [0.05, 0.1) is 13.2 Å². The van der Waals surface area contributed by atoms with Gasteiger partial charge in [-0.25, -0.2) is 9.59 Å². The molecule has 0 aliphatic rings. The Morgan fingerprint density at radius 2 is 0.852 bits per heavy atom. The molecule has 1 radical (unpaired) electrons. The molecule has 0 saturated carbocycles. The molecule has 0 amide bonds. The van der Waals surface area contributed by atoms with Crippen molar-refractivity contribution in [2.75, 3.05) is 13.2 Å². The van der Waals surface area contributed by atoms with Crippen molar-refractivity contribution in [3.8, 4) is 0 Å². The van der Waals surface area contributed by atoms with Crippen LogP contribution in [0.15, 0.2) is 0 Å². The van der Waals surface area contributed by atoms with Gasteiger partial charge in [0.25, 0.3) is 0 Å². The maximum atomic E-state index is 11.3. The van der Waals surface area contributed by atoms with Crippen molar-refractivity contribution in [3.05, 3.63) is 0 Å². The van der Waals surface area contributed by atoms with Crippen LogP contribution in [0.4, 0.5) is 0 Å². The van der Waals surface area contributed by atoms with Gasteiger partial charge >= 0.3 is 11.9 Å². The van der Waals surface area contributed by atoms with Crippen LogP contribution in [0.5, 0.6) is 0 Å². The predicted molar refractivity (Wildman–Crippen MR) is 101 cm³/mol. The summed E-state index contributed by atoms with van der Waals surface area (Å²) in [5, 5.41) is 0. The van der Waals surface area contributed by atoms with E-state index in [1.807, 2.05) is 27.7 Å². The normalized spacial score (nSPS) is 11.1. The van der Waals surface area contributed by atoms with Crippen LogP contribution in [-0.2, 0) is 45.7 Å². The summed E-state index contributed by atoms with van der Waals surface area (Å²) in [6.45, 7) is 18.5. The Labute approximate surface area is 174 Å². The standard InChI is InChI=1S/2C10H18O3.Cu/c2*1-7(2)6-13-9(12)8(11)10(3,4)5;/h2*7H,6H2,1-5H3;. The summed E-state index contributed by atoms with van der Waals surface area (Å²) in [6, 6.07) is 0. The maximum absolute atomic E-state index is 11.3. The zero-order valence-electron chi connectivity index (χ0n) is 18.3. The molecule has 163 valence electrons. The first-order valence-electron chi connectivity index (χ1n) is 8.93. The molecule has 7 heteroatoms. The van der Waals surface area contributed by atoms with Crippen LogP contribution < -0.4 is 0 Å². The SMILES string of the molecule is CC(C)COC(=O)C(=O)C(C)(C)C.CC(C)COC(=O)C(=O)C(C)(C)C.[Cu]. The third kappa shape index (κ3) is 15.5. The number of ether oxygens (including phenoxy) is 2. The van der Waals surface area contributed by atoms with E-state index < -0.39 is 34.3 Å². The average molecular weight is 436 g/mol.